The number of aliphatic carboxylic acids is 1. The number of Topliss-reactive ketones (excluding diaryl/α,β-unsaturated/α-hetero) is 1. The van der Waals surface area contributed by atoms with Crippen LogP contribution in [0.5, 0.6) is 11.5 Å². The number of ketones is 1. The van der Waals surface area contributed by atoms with Crippen molar-refractivity contribution in [2.45, 2.75) is 38.8 Å². The number of alkyl halides is 1. The molecule has 10 heteroatoms. The van der Waals surface area contributed by atoms with E-state index >= 15 is 0 Å². The van der Waals surface area contributed by atoms with Gasteiger partial charge in [-0.2, -0.15) is 0 Å². The highest BCUT2D eigenvalue weighted by molar-refractivity contribution is 14.1. The largest absolute Gasteiger partial charge is 0.481 e. The zero-order valence-corrected chi connectivity index (χ0v) is 20.9. The molecular formula is C24H26FIN2O6. The number of halogens is 2. The molecule has 2 atom stereocenters. The van der Waals surface area contributed by atoms with E-state index in [-0.39, 0.29) is 12.3 Å². The summed E-state index contributed by atoms with van der Waals surface area (Å²) in [5.74, 6) is -2.94. The summed E-state index contributed by atoms with van der Waals surface area (Å²) in [4.78, 5) is 48.2. The van der Waals surface area contributed by atoms with Crippen LogP contribution in [0.3, 0.4) is 0 Å². The predicted molar refractivity (Wildman–Crippen MR) is 131 cm³/mol. The van der Waals surface area contributed by atoms with Crippen LogP contribution < -0.4 is 15.4 Å². The Morgan fingerprint density at radius 3 is 2.32 bits per heavy atom. The molecule has 2 amide bonds. The molecular weight excluding hydrogens is 556 g/mol. The van der Waals surface area contributed by atoms with Gasteiger partial charge in [0.2, 0.25) is 11.8 Å². The van der Waals surface area contributed by atoms with Gasteiger partial charge in [0.1, 0.15) is 30.3 Å². The Hall–Kier alpha value is -3.02. The van der Waals surface area contributed by atoms with Gasteiger partial charge in [-0.1, -0.05) is 32.0 Å². The highest BCUT2D eigenvalue weighted by atomic mass is 125. The fourth-order valence-corrected chi connectivity index (χ4v) is 3.66. The van der Waals surface area contributed by atoms with E-state index < -0.39 is 48.7 Å². The Morgan fingerprint density at radius 2 is 1.74 bits per heavy atom. The lowest BCUT2D eigenvalue weighted by atomic mass is 10.0. The molecule has 1 unspecified atom stereocenters. The normalized spacial score (nSPS) is 12.5. The van der Waals surface area contributed by atoms with Crippen LogP contribution >= 0.6 is 22.6 Å². The maximum absolute atomic E-state index is 12.8. The van der Waals surface area contributed by atoms with Crippen molar-refractivity contribution in [3.05, 3.63) is 57.7 Å². The second kappa shape index (κ2) is 13.0. The number of carboxylic acid groups (broad SMARTS) is 1. The summed E-state index contributed by atoms with van der Waals surface area (Å²) in [6, 6.07) is 11.9. The van der Waals surface area contributed by atoms with Gasteiger partial charge in [-0.05, 0) is 58.8 Å². The van der Waals surface area contributed by atoms with E-state index in [2.05, 4.69) is 33.2 Å². The summed E-state index contributed by atoms with van der Waals surface area (Å²) in [6.07, 6.45) is -0.840. The molecule has 0 fully saturated rings. The van der Waals surface area contributed by atoms with Crippen molar-refractivity contribution in [1.82, 2.24) is 10.6 Å². The highest BCUT2D eigenvalue weighted by Crippen LogP contribution is 2.27. The monoisotopic (exact) mass is 582 g/mol. The van der Waals surface area contributed by atoms with Crippen LogP contribution in [-0.4, -0.2) is 47.4 Å². The minimum Gasteiger partial charge on any atom is -0.481 e. The van der Waals surface area contributed by atoms with Gasteiger partial charge in [-0.3, -0.25) is 19.2 Å². The maximum atomic E-state index is 12.8. The van der Waals surface area contributed by atoms with E-state index in [9.17, 15) is 23.6 Å². The fraction of sp³-hybridized carbons (Fsp3) is 0.333. The lowest BCUT2D eigenvalue weighted by molar-refractivity contribution is -0.140. The molecule has 0 spiro atoms. The second-order valence-corrected chi connectivity index (χ2v) is 9.14. The van der Waals surface area contributed by atoms with E-state index in [1.165, 1.54) is 0 Å². The molecule has 0 aliphatic rings. The van der Waals surface area contributed by atoms with Gasteiger partial charge in [0.25, 0.3) is 0 Å². The van der Waals surface area contributed by atoms with Crippen molar-refractivity contribution in [3.63, 3.8) is 0 Å². The first-order chi connectivity index (χ1) is 16.1. The van der Waals surface area contributed by atoms with Crippen LogP contribution in [0.2, 0.25) is 0 Å². The first kappa shape index (κ1) is 27.2. The SMILES string of the molecule is CC(C)[C@H](NC(=O)Cc1cc([125I])ccc1Oc1ccccc1)C(=O)NC(CC(=O)O)C(=O)CF. The summed E-state index contributed by atoms with van der Waals surface area (Å²) in [5.41, 5.74) is 0.604. The lowest BCUT2D eigenvalue weighted by Crippen LogP contribution is -2.54. The van der Waals surface area contributed by atoms with Gasteiger partial charge in [0.05, 0.1) is 12.8 Å². The molecule has 0 aromatic heterocycles. The van der Waals surface area contributed by atoms with Gasteiger partial charge in [-0.15, -0.1) is 0 Å². The number of hydrogen-bond acceptors (Lipinski definition) is 5. The first-order valence-corrected chi connectivity index (χ1v) is 11.6. The Morgan fingerprint density at radius 1 is 1.06 bits per heavy atom. The summed E-state index contributed by atoms with van der Waals surface area (Å²) in [7, 11) is 0. The molecule has 0 radical (unpaired) electrons. The van der Waals surface area contributed by atoms with E-state index in [1.54, 1.807) is 38.1 Å². The third kappa shape index (κ3) is 8.40. The minimum absolute atomic E-state index is 0.0858. The standard InChI is InChI=1S/C24H26FIN2O6/c1-14(2)23(24(33)27-18(12-22(31)32)19(29)13-25)28-21(30)11-15-10-16(26)8-9-20(15)34-17-6-4-3-5-7-17/h3-10,14,18,23H,11-13H2,1-2H3,(H,27,33)(H,28,30)(H,31,32)/t18?,23-/m0/s1/i26-2. The first-order valence-electron chi connectivity index (χ1n) is 10.5. The topological polar surface area (TPSA) is 122 Å². The molecule has 0 saturated heterocycles. The molecule has 34 heavy (non-hydrogen) atoms. The van der Waals surface area contributed by atoms with Crippen molar-refractivity contribution in [1.29, 1.82) is 0 Å². The van der Waals surface area contributed by atoms with Crippen molar-refractivity contribution < 1.29 is 33.4 Å². The number of ether oxygens (including phenoxy) is 1. The zero-order valence-electron chi connectivity index (χ0n) is 18.7. The van der Waals surface area contributed by atoms with E-state index in [4.69, 9.17) is 9.84 Å². The quantitative estimate of drug-likeness (QED) is 0.331. The van der Waals surface area contributed by atoms with Gasteiger partial charge >= 0.3 is 5.97 Å². The number of amides is 2. The fourth-order valence-electron chi connectivity index (χ4n) is 3.11. The second-order valence-electron chi connectivity index (χ2n) is 7.89. The number of hydrogen-bond donors (Lipinski definition) is 3. The van der Waals surface area contributed by atoms with Crippen molar-refractivity contribution in [2.24, 2.45) is 5.92 Å². The summed E-state index contributed by atoms with van der Waals surface area (Å²) in [6.45, 7) is 1.96. The Balaban J connectivity index is 2.14. The summed E-state index contributed by atoms with van der Waals surface area (Å²) >= 11 is 2.12. The van der Waals surface area contributed by atoms with Crippen LogP contribution in [0, 0.1) is 9.49 Å². The molecule has 2 aromatic rings. The van der Waals surface area contributed by atoms with Crippen molar-refractivity contribution in [3.8, 4) is 11.5 Å². The number of benzene rings is 2. The highest BCUT2D eigenvalue weighted by Gasteiger charge is 2.30. The minimum atomic E-state index is -1.52. The van der Waals surface area contributed by atoms with E-state index in [1.807, 2.05) is 24.3 Å². The van der Waals surface area contributed by atoms with Crippen LogP contribution in [0.4, 0.5) is 4.39 Å². The smallest absolute Gasteiger partial charge is 0.305 e. The Bertz CT molecular complexity index is 1030. The van der Waals surface area contributed by atoms with E-state index in [0.717, 1.165) is 3.57 Å². The lowest BCUT2D eigenvalue weighted by Gasteiger charge is -2.24. The zero-order chi connectivity index (χ0) is 25.3. The number of rotatable bonds is 12. The molecule has 3 N–H and O–H groups in total. The summed E-state index contributed by atoms with van der Waals surface area (Å²) < 4.78 is 19.6. The third-order valence-electron chi connectivity index (χ3n) is 4.83. The molecule has 0 aliphatic heterocycles. The Kier molecular flexibility index (Phi) is 10.4. The Labute approximate surface area is 210 Å². The van der Waals surface area contributed by atoms with Crippen LogP contribution in [0.1, 0.15) is 25.8 Å². The van der Waals surface area contributed by atoms with Crippen LogP contribution in [0.25, 0.3) is 0 Å². The molecule has 2 rings (SSSR count). The molecule has 2 aromatic carbocycles. The van der Waals surface area contributed by atoms with Crippen molar-refractivity contribution >= 4 is 46.2 Å². The number of carboxylic acids is 1. The molecule has 8 nitrogen and oxygen atoms in total. The average molecular weight is 582 g/mol. The van der Waals surface area contributed by atoms with Crippen LogP contribution in [-0.2, 0) is 25.6 Å². The van der Waals surface area contributed by atoms with Gasteiger partial charge in [0.15, 0.2) is 5.78 Å². The summed E-state index contributed by atoms with van der Waals surface area (Å²) in [5, 5.41) is 13.8. The average Bonchev–Trinajstić information content (AvgIpc) is 2.78. The maximum Gasteiger partial charge on any atom is 0.305 e. The van der Waals surface area contributed by atoms with E-state index in [0.29, 0.717) is 17.1 Å². The van der Waals surface area contributed by atoms with Crippen molar-refractivity contribution in [2.75, 3.05) is 6.67 Å². The molecule has 0 heterocycles. The third-order valence-corrected chi connectivity index (χ3v) is 5.50. The van der Waals surface area contributed by atoms with Gasteiger partial charge < -0.3 is 20.5 Å². The number of nitrogens with one attached hydrogen (secondary N) is 2. The number of para-hydroxylation sites is 1. The molecule has 182 valence electrons. The van der Waals surface area contributed by atoms with Gasteiger partial charge in [-0.25, -0.2) is 4.39 Å². The number of carbonyl (C=O) groups is 4. The predicted octanol–water partition coefficient (Wildman–Crippen LogP) is 3.26. The molecule has 0 aliphatic carbocycles. The van der Waals surface area contributed by atoms with Gasteiger partial charge in [0, 0.05) is 9.13 Å². The van der Waals surface area contributed by atoms with Crippen LogP contribution in [0.15, 0.2) is 48.5 Å². The molecule has 0 saturated carbocycles. The molecule has 0 bridgehead atoms. The number of carbonyl (C=O) groups excluding carboxylic acids is 3.